The number of ether oxygens (including phenoxy) is 1. The van der Waals surface area contributed by atoms with Crippen LogP contribution in [0.2, 0.25) is 0 Å². The zero-order valence-electron chi connectivity index (χ0n) is 13.1. The van der Waals surface area contributed by atoms with Crippen LogP contribution < -0.4 is 5.32 Å². The highest BCUT2D eigenvalue weighted by atomic mass is 16.5. The summed E-state index contributed by atoms with van der Waals surface area (Å²) in [4.78, 5) is 23.8. The van der Waals surface area contributed by atoms with Crippen molar-refractivity contribution in [1.29, 1.82) is 0 Å². The first kappa shape index (κ1) is 15.8. The van der Waals surface area contributed by atoms with Crippen molar-refractivity contribution in [3.8, 4) is 0 Å². The smallest absolute Gasteiger partial charge is 0.340 e. The Bertz CT molecular complexity index is 700. The lowest BCUT2D eigenvalue weighted by atomic mass is 10.2. The molecule has 0 saturated carbocycles. The molecule has 0 fully saturated rings. The second kappa shape index (κ2) is 6.46. The lowest BCUT2D eigenvalue weighted by molar-refractivity contribution is -0.119. The molecule has 7 nitrogen and oxygen atoms in total. The summed E-state index contributed by atoms with van der Waals surface area (Å²) in [7, 11) is 0. The number of amides is 1. The largest absolute Gasteiger partial charge is 0.452 e. The van der Waals surface area contributed by atoms with Gasteiger partial charge in [0, 0.05) is 24.0 Å². The van der Waals surface area contributed by atoms with Gasteiger partial charge in [-0.1, -0.05) is 5.16 Å². The summed E-state index contributed by atoms with van der Waals surface area (Å²) in [6.45, 7) is 7.89. The highest BCUT2D eigenvalue weighted by molar-refractivity contribution is 5.95. The Morgan fingerprint density at radius 2 is 2.05 bits per heavy atom. The molecule has 0 aliphatic rings. The molecular weight excluding hydrogens is 286 g/mol. The van der Waals surface area contributed by atoms with E-state index in [9.17, 15) is 9.59 Å². The van der Waals surface area contributed by atoms with Gasteiger partial charge in [-0.2, -0.15) is 0 Å². The van der Waals surface area contributed by atoms with Gasteiger partial charge in [-0.15, -0.1) is 0 Å². The van der Waals surface area contributed by atoms with Gasteiger partial charge < -0.3 is 19.1 Å². The van der Waals surface area contributed by atoms with Crippen molar-refractivity contribution >= 4 is 17.7 Å². The summed E-state index contributed by atoms with van der Waals surface area (Å²) in [5, 5.41) is 6.12. The molecule has 7 heteroatoms. The predicted octanol–water partition coefficient (Wildman–Crippen LogP) is 2.22. The number of rotatable bonds is 5. The standard InChI is InChI=1S/C15H19N3O4/c1-5-18-9(2)6-12(11(18)4)15(20)21-8-14(19)16-13-7-10(3)22-17-13/h6-7H,5,8H2,1-4H3,(H,16,17,19). The van der Waals surface area contributed by atoms with Gasteiger partial charge in [0.1, 0.15) is 5.76 Å². The van der Waals surface area contributed by atoms with Crippen molar-refractivity contribution in [1.82, 2.24) is 9.72 Å². The number of nitrogens with zero attached hydrogens (tertiary/aromatic N) is 2. The summed E-state index contributed by atoms with van der Waals surface area (Å²) < 4.78 is 11.9. The molecule has 2 aromatic heterocycles. The van der Waals surface area contributed by atoms with Crippen molar-refractivity contribution in [2.45, 2.75) is 34.2 Å². The van der Waals surface area contributed by atoms with E-state index in [0.717, 1.165) is 17.9 Å². The Morgan fingerprint density at radius 3 is 2.59 bits per heavy atom. The fourth-order valence-electron chi connectivity index (χ4n) is 2.31. The fraction of sp³-hybridized carbons (Fsp3) is 0.400. The third-order valence-corrected chi connectivity index (χ3v) is 3.34. The number of esters is 1. The molecule has 0 aromatic carbocycles. The number of carbonyl (C=O) groups is 2. The van der Waals surface area contributed by atoms with Gasteiger partial charge in [-0.3, -0.25) is 4.79 Å². The van der Waals surface area contributed by atoms with Crippen LogP contribution in [-0.2, 0) is 16.1 Å². The molecule has 0 radical (unpaired) electrons. The van der Waals surface area contributed by atoms with Gasteiger partial charge >= 0.3 is 5.97 Å². The lowest BCUT2D eigenvalue weighted by Crippen LogP contribution is -2.21. The van der Waals surface area contributed by atoms with E-state index in [0.29, 0.717) is 17.1 Å². The van der Waals surface area contributed by atoms with Crippen LogP contribution in [0.1, 0.15) is 34.4 Å². The minimum Gasteiger partial charge on any atom is -0.452 e. The molecule has 0 spiro atoms. The molecular formula is C15H19N3O4. The number of anilines is 1. The Morgan fingerprint density at radius 1 is 1.32 bits per heavy atom. The second-order valence-electron chi connectivity index (χ2n) is 4.98. The highest BCUT2D eigenvalue weighted by Crippen LogP contribution is 2.16. The zero-order chi connectivity index (χ0) is 16.3. The van der Waals surface area contributed by atoms with Crippen LogP contribution in [0.25, 0.3) is 0 Å². The quantitative estimate of drug-likeness (QED) is 0.856. The summed E-state index contributed by atoms with van der Waals surface area (Å²) in [6, 6.07) is 3.34. The van der Waals surface area contributed by atoms with Crippen molar-refractivity contribution in [2.24, 2.45) is 0 Å². The average molecular weight is 305 g/mol. The molecule has 22 heavy (non-hydrogen) atoms. The van der Waals surface area contributed by atoms with Crippen molar-refractivity contribution < 1.29 is 18.8 Å². The number of nitrogens with one attached hydrogen (secondary N) is 1. The predicted molar refractivity (Wildman–Crippen MR) is 79.7 cm³/mol. The Kier molecular flexibility index (Phi) is 4.65. The molecule has 0 aliphatic carbocycles. The maximum atomic E-state index is 12.1. The van der Waals surface area contributed by atoms with Crippen LogP contribution >= 0.6 is 0 Å². The number of hydrogen-bond acceptors (Lipinski definition) is 5. The Labute approximate surface area is 128 Å². The maximum absolute atomic E-state index is 12.1. The molecule has 2 rings (SSSR count). The molecule has 0 saturated heterocycles. The van der Waals surface area contributed by atoms with Crippen molar-refractivity contribution in [3.05, 3.63) is 34.8 Å². The van der Waals surface area contributed by atoms with Crippen LogP contribution in [0, 0.1) is 20.8 Å². The van der Waals surface area contributed by atoms with Crippen LogP contribution in [0.3, 0.4) is 0 Å². The van der Waals surface area contributed by atoms with E-state index in [2.05, 4.69) is 10.5 Å². The number of hydrogen-bond donors (Lipinski definition) is 1. The van der Waals surface area contributed by atoms with Crippen LogP contribution in [0.4, 0.5) is 5.82 Å². The molecule has 1 N–H and O–H groups in total. The van der Waals surface area contributed by atoms with Gasteiger partial charge in [-0.25, -0.2) is 4.79 Å². The van der Waals surface area contributed by atoms with Gasteiger partial charge in [0.05, 0.1) is 5.56 Å². The van der Waals surface area contributed by atoms with Crippen molar-refractivity contribution in [2.75, 3.05) is 11.9 Å². The molecule has 0 unspecified atom stereocenters. The molecule has 0 aliphatic heterocycles. The van der Waals surface area contributed by atoms with Crippen LogP contribution in [0.5, 0.6) is 0 Å². The molecule has 2 aromatic rings. The Balaban J connectivity index is 1.94. The normalized spacial score (nSPS) is 10.5. The molecule has 118 valence electrons. The third kappa shape index (κ3) is 3.36. The minimum absolute atomic E-state index is 0.294. The SMILES string of the molecule is CCn1c(C)cc(C(=O)OCC(=O)Nc2cc(C)on2)c1C. The Hall–Kier alpha value is -2.57. The van der Waals surface area contributed by atoms with E-state index < -0.39 is 11.9 Å². The zero-order valence-corrected chi connectivity index (χ0v) is 13.1. The van der Waals surface area contributed by atoms with Gasteiger partial charge in [0.25, 0.3) is 5.91 Å². The van der Waals surface area contributed by atoms with E-state index in [-0.39, 0.29) is 6.61 Å². The molecule has 0 bridgehead atoms. The first-order chi connectivity index (χ1) is 10.4. The van der Waals surface area contributed by atoms with Crippen molar-refractivity contribution in [3.63, 3.8) is 0 Å². The van der Waals surface area contributed by atoms with Crippen LogP contribution in [0.15, 0.2) is 16.7 Å². The van der Waals surface area contributed by atoms with E-state index in [1.54, 1.807) is 19.1 Å². The monoisotopic (exact) mass is 305 g/mol. The fourth-order valence-corrected chi connectivity index (χ4v) is 2.31. The highest BCUT2D eigenvalue weighted by Gasteiger charge is 2.17. The van der Waals surface area contributed by atoms with Gasteiger partial charge in [0.2, 0.25) is 0 Å². The van der Waals surface area contributed by atoms with Crippen LogP contribution in [-0.4, -0.2) is 28.2 Å². The number of carbonyl (C=O) groups excluding carboxylic acids is 2. The lowest BCUT2D eigenvalue weighted by Gasteiger charge is -2.06. The van der Waals surface area contributed by atoms with Gasteiger partial charge in [0.15, 0.2) is 12.4 Å². The topological polar surface area (TPSA) is 86.4 Å². The summed E-state index contributed by atoms with van der Waals surface area (Å²) in [5.74, 6) is -0.104. The van der Waals surface area contributed by atoms with E-state index in [1.807, 2.05) is 25.3 Å². The van der Waals surface area contributed by atoms with Gasteiger partial charge in [-0.05, 0) is 33.8 Å². The van der Waals surface area contributed by atoms with E-state index in [1.165, 1.54) is 0 Å². The maximum Gasteiger partial charge on any atom is 0.340 e. The second-order valence-corrected chi connectivity index (χ2v) is 4.98. The first-order valence-electron chi connectivity index (χ1n) is 6.99. The van der Waals surface area contributed by atoms with E-state index in [4.69, 9.17) is 9.26 Å². The third-order valence-electron chi connectivity index (χ3n) is 3.34. The number of aryl methyl sites for hydroxylation is 2. The summed E-state index contributed by atoms with van der Waals surface area (Å²) in [6.07, 6.45) is 0. The molecule has 1 amide bonds. The summed E-state index contributed by atoms with van der Waals surface area (Å²) >= 11 is 0. The number of aromatic nitrogens is 2. The minimum atomic E-state index is -0.515. The average Bonchev–Trinajstić information content (AvgIpc) is 2.99. The first-order valence-corrected chi connectivity index (χ1v) is 6.99. The molecule has 2 heterocycles. The van der Waals surface area contributed by atoms with E-state index >= 15 is 0 Å². The summed E-state index contributed by atoms with van der Waals surface area (Å²) in [5.41, 5.74) is 2.29. The molecule has 0 atom stereocenters.